The van der Waals surface area contributed by atoms with Crippen LogP contribution in [-0.4, -0.2) is 44.9 Å². The molecule has 6 nitrogen and oxygen atoms in total. The van der Waals surface area contributed by atoms with Gasteiger partial charge < -0.3 is 10.1 Å². The first-order valence-corrected chi connectivity index (χ1v) is 10.4. The number of nitrogens with one attached hydrogen (secondary N) is 1. The Labute approximate surface area is 150 Å². The van der Waals surface area contributed by atoms with Gasteiger partial charge in [-0.25, -0.2) is 8.42 Å². The first kappa shape index (κ1) is 19.9. The highest BCUT2D eigenvalue weighted by Crippen LogP contribution is 2.21. The van der Waals surface area contributed by atoms with Gasteiger partial charge >= 0.3 is 0 Å². The molecule has 1 aromatic carbocycles. The average Bonchev–Trinajstić information content (AvgIpc) is 2.63. The highest BCUT2D eigenvalue weighted by molar-refractivity contribution is 7.89. The van der Waals surface area contributed by atoms with Crippen molar-refractivity contribution in [2.75, 3.05) is 31.6 Å². The Morgan fingerprint density at radius 3 is 2.40 bits per heavy atom. The van der Waals surface area contributed by atoms with Gasteiger partial charge in [0.15, 0.2) is 0 Å². The summed E-state index contributed by atoms with van der Waals surface area (Å²) in [6.07, 6.45) is 3.78. The summed E-state index contributed by atoms with van der Waals surface area (Å²) in [6.45, 7) is 5.70. The smallest absolute Gasteiger partial charge is 0.243 e. The van der Waals surface area contributed by atoms with Gasteiger partial charge in [0.25, 0.3) is 0 Å². The zero-order valence-corrected chi connectivity index (χ0v) is 15.8. The third-order valence-electron chi connectivity index (χ3n) is 4.50. The summed E-state index contributed by atoms with van der Waals surface area (Å²) in [4.78, 5) is 12.6. The molecule has 1 amide bonds. The van der Waals surface area contributed by atoms with Crippen LogP contribution in [0.5, 0.6) is 0 Å². The SMILES string of the molecule is CCCCC(CC)C(=O)Nc1ccc(S(=O)(=O)N2CCOCC2)cc1. The molecule has 2 rings (SSSR count). The molecule has 0 spiro atoms. The van der Waals surface area contributed by atoms with Crippen LogP contribution >= 0.6 is 0 Å². The van der Waals surface area contributed by atoms with Crippen molar-refractivity contribution in [2.24, 2.45) is 5.92 Å². The molecule has 1 fully saturated rings. The lowest BCUT2D eigenvalue weighted by atomic mass is 9.98. The van der Waals surface area contributed by atoms with Gasteiger partial charge in [0.1, 0.15) is 0 Å². The summed E-state index contributed by atoms with van der Waals surface area (Å²) in [7, 11) is -3.50. The molecule has 1 saturated heterocycles. The third-order valence-corrected chi connectivity index (χ3v) is 6.41. The lowest BCUT2D eigenvalue weighted by molar-refractivity contribution is -0.120. The molecule has 0 saturated carbocycles. The van der Waals surface area contributed by atoms with Crippen molar-refractivity contribution >= 4 is 21.6 Å². The largest absolute Gasteiger partial charge is 0.379 e. The molecule has 140 valence electrons. The molecule has 0 aliphatic carbocycles. The van der Waals surface area contributed by atoms with E-state index >= 15 is 0 Å². The number of morpholine rings is 1. The van der Waals surface area contributed by atoms with Crippen molar-refractivity contribution in [3.63, 3.8) is 0 Å². The maximum Gasteiger partial charge on any atom is 0.243 e. The maximum absolute atomic E-state index is 12.6. The van der Waals surface area contributed by atoms with E-state index in [4.69, 9.17) is 4.74 Å². The average molecular weight is 368 g/mol. The van der Waals surface area contributed by atoms with Gasteiger partial charge in [-0.2, -0.15) is 4.31 Å². The Morgan fingerprint density at radius 1 is 1.20 bits per heavy atom. The predicted molar refractivity (Wildman–Crippen MR) is 98.0 cm³/mol. The Hall–Kier alpha value is -1.44. The summed E-state index contributed by atoms with van der Waals surface area (Å²) in [5.41, 5.74) is 0.626. The highest BCUT2D eigenvalue weighted by Gasteiger charge is 2.26. The van der Waals surface area contributed by atoms with E-state index in [1.165, 1.54) is 4.31 Å². The van der Waals surface area contributed by atoms with Gasteiger partial charge in [-0.15, -0.1) is 0 Å². The van der Waals surface area contributed by atoms with E-state index < -0.39 is 10.0 Å². The lowest BCUT2D eigenvalue weighted by Gasteiger charge is -2.26. The van der Waals surface area contributed by atoms with Crippen molar-refractivity contribution < 1.29 is 17.9 Å². The first-order valence-electron chi connectivity index (χ1n) is 8.97. The molecule has 1 aromatic rings. The zero-order chi connectivity index (χ0) is 18.3. The normalized spacial score (nSPS) is 17.2. The molecule has 1 N–H and O–H groups in total. The van der Waals surface area contributed by atoms with E-state index in [2.05, 4.69) is 12.2 Å². The third kappa shape index (κ3) is 5.26. The van der Waals surface area contributed by atoms with E-state index in [1.807, 2.05) is 6.92 Å². The lowest BCUT2D eigenvalue weighted by Crippen LogP contribution is -2.40. The molecule has 1 unspecified atom stereocenters. The van der Waals surface area contributed by atoms with Crippen LogP contribution in [-0.2, 0) is 19.6 Å². The summed E-state index contributed by atoms with van der Waals surface area (Å²) in [5.74, 6) is -0.00329. The minimum Gasteiger partial charge on any atom is -0.379 e. The topological polar surface area (TPSA) is 75.7 Å². The van der Waals surface area contributed by atoms with Gasteiger partial charge in [-0.3, -0.25) is 4.79 Å². The molecule has 1 aliphatic heterocycles. The number of benzene rings is 1. The van der Waals surface area contributed by atoms with Crippen LogP contribution in [0.15, 0.2) is 29.2 Å². The van der Waals surface area contributed by atoms with Crippen molar-refractivity contribution in [1.29, 1.82) is 0 Å². The molecule has 1 aliphatic rings. The standard InChI is InChI=1S/C18H28N2O4S/c1-3-5-6-15(4-2)18(21)19-16-7-9-17(10-8-16)25(22,23)20-11-13-24-14-12-20/h7-10,15H,3-6,11-14H2,1-2H3,(H,19,21). The molecular formula is C18H28N2O4S. The van der Waals surface area contributed by atoms with Crippen LogP contribution in [0.25, 0.3) is 0 Å². The van der Waals surface area contributed by atoms with Crippen molar-refractivity contribution in [3.05, 3.63) is 24.3 Å². The van der Waals surface area contributed by atoms with Crippen molar-refractivity contribution in [1.82, 2.24) is 4.31 Å². The fourth-order valence-corrected chi connectivity index (χ4v) is 4.27. The van der Waals surface area contributed by atoms with Gasteiger partial charge in [-0.05, 0) is 37.1 Å². The van der Waals surface area contributed by atoms with Gasteiger partial charge in [0.2, 0.25) is 15.9 Å². The number of carbonyl (C=O) groups is 1. The number of sulfonamides is 1. The van der Waals surface area contributed by atoms with Crippen LogP contribution in [0.1, 0.15) is 39.5 Å². The Kier molecular flexibility index (Phi) is 7.40. The van der Waals surface area contributed by atoms with Crippen LogP contribution in [0.4, 0.5) is 5.69 Å². The number of unbranched alkanes of at least 4 members (excludes halogenated alkanes) is 1. The second-order valence-electron chi connectivity index (χ2n) is 6.28. The molecule has 0 bridgehead atoms. The fraction of sp³-hybridized carbons (Fsp3) is 0.611. The summed E-state index contributed by atoms with van der Waals surface area (Å²) in [5, 5.41) is 2.89. The molecule has 0 radical (unpaired) electrons. The van der Waals surface area contributed by atoms with Gasteiger partial charge in [0.05, 0.1) is 18.1 Å². The second-order valence-corrected chi connectivity index (χ2v) is 8.22. The van der Waals surface area contributed by atoms with Gasteiger partial charge in [0, 0.05) is 24.7 Å². The van der Waals surface area contributed by atoms with Crippen LogP contribution < -0.4 is 5.32 Å². The second kappa shape index (κ2) is 9.31. The molecule has 0 aromatic heterocycles. The van der Waals surface area contributed by atoms with Crippen molar-refractivity contribution in [2.45, 2.75) is 44.4 Å². The fourth-order valence-electron chi connectivity index (χ4n) is 2.86. The monoisotopic (exact) mass is 368 g/mol. The Morgan fingerprint density at radius 2 is 1.84 bits per heavy atom. The Balaban J connectivity index is 2.02. The van der Waals surface area contributed by atoms with E-state index in [-0.39, 0.29) is 16.7 Å². The molecule has 7 heteroatoms. The minimum atomic E-state index is -3.50. The summed E-state index contributed by atoms with van der Waals surface area (Å²) < 4.78 is 31.8. The zero-order valence-electron chi connectivity index (χ0n) is 15.0. The summed E-state index contributed by atoms with van der Waals surface area (Å²) >= 11 is 0. The van der Waals surface area contributed by atoms with Crippen LogP contribution in [0, 0.1) is 5.92 Å². The van der Waals surface area contributed by atoms with E-state index in [9.17, 15) is 13.2 Å². The minimum absolute atomic E-state index is 0.000244. The van der Waals surface area contributed by atoms with Crippen molar-refractivity contribution in [3.8, 4) is 0 Å². The van der Waals surface area contributed by atoms with E-state index in [0.29, 0.717) is 32.0 Å². The Bertz CT molecular complexity index is 652. The molecule has 1 atom stereocenters. The molecular weight excluding hydrogens is 340 g/mol. The quantitative estimate of drug-likeness (QED) is 0.765. The highest BCUT2D eigenvalue weighted by atomic mass is 32.2. The summed E-state index contributed by atoms with van der Waals surface area (Å²) in [6, 6.07) is 6.40. The number of ether oxygens (including phenoxy) is 1. The molecule has 25 heavy (non-hydrogen) atoms. The predicted octanol–water partition coefficient (Wildman–Crippen LogP) is 2.86. The van der Waals surface area contributed by atoms with Crippen LogP contribution in [0.3, 0.4) is 0 Å². The number of anilines is 1. The maximum atomic E-state index is 12.6. The van der Waals surface area contributed by atoms with E-state index in [1.54, 1.807) is 24.3 Å². The number of carbonyl (C=O) groups excluding carboxylic acids is 1. The number of rotatable bonds is 8. The number of hydrogen-bond acceptors (Lipinski definition) is 4. The van der Waals surface area contributed by atoms with E-state index in [0.717, 1.165) is 25.7 Å². The number of hydrogen-bond donors (Lipinski definition) is 1. The number of amides is 1. The number of nitrogens with zero attached hydrogens (tertiary/aromatic N) is 1. The van der Waals surface area contributed by atoms with Gasteiger partial charge in [-0.1, -0.05) is 26.7 Å². The van der Waals surface area contributed by atoms with Crippen LogP contribution in [0.2, 0.25) is 0 Å². The molecule has 1 heterocycles. The first-order chi connectivity index (χ1) is 12.0.